The van der Waals surface area contributed by atoms with E-state index in [1.54, 1.807) is 6.92 Å². The zero-order valence-electron chi connectivity index (χ0n) is 15.0. The van der Waals surface area contributed by atoms with Crippen molar-refractivity contribution in [1.82, 2.24) is 5.43 Å². The molecule has 1 amide bonds. The van der Waals surface area contributed by atoms with Crippen LogP contribution in [-0.4, -0.2) is 28.7 Å². The molecule has 0 unspecified atom stereocenters. The van der Waals surface area contributed by atoms with Crippen LogP contribution in [0.5, 0.6) is 5.75 Å². The normalized spacial score (nSPS) is 10.9. The summed E-state index contributed by atoms with van der Waals surface area (Å²) in [5.41, 5.74) is 3.45. The fraction of sp³-hybridized carbons (Fsp3) is 0.100. The Morgan fingerprint density at radius 2 is 1.93 bits per heavy atom. The molecule has 0 saturated carbocycles. The maximum Gasteiger partial charge on any atom is 0.270 e. The van der Waals surface area contributed by atoms with E-state index in [0.29, 0.717) is 5.56 Å². The van der Waals surface area contributed by atoms with Crippen LogP contribution in [0.25, 0.3) is 10.8 Å². The van der Waals surface area contributed by atoms with Crippen LogP contribution in [0.3, 0.4) is 0 Å². The molecule has 3 aromatic rings. The summed E-state index contributed by atoms with van der Waals surface area (Å²) in [5.74, 6) is -0.524. The molecule has 0 bridgehead atoms. The lowest BCUT2D eigenvalue weighted by Gasteiger charge is -2.07. The molecular formula is C20H18N4O4. The summed E-state index contributed by atoms with van der Waals surface area (Å²) < 4.78 is 0. The number of hydrogen-bond acceptors (Lipinski definition) is 6. The highest BCUT2D eigenvalue weighted by molar-refractivity contribution is 5.89. The number of aryl methyl sites for hydroxylation is 1. The molecule has 0 aliphatic heterocycles. The number of aromatic hydroxyl groups is 1. The van der Waals surface area contributed by atoms with E-state index in [-0.39, 0.29) is 23.5 Å². The third kappa shape index (κ3) is 4.42. The first-order valence-electron chi connectivity index (χ1n) is 8.46. The lowest BCUT2D eigenvalue weighted by molar-refractivity contribution is -0.384. The van der Waals surface area contributed by atoms with Crippen LogP contribution in [0.15, 0.2) is 59.7 Å². The van der Waals surface area contributed by atoms with Gasteiger partial charge in [0.15, 0.2) is 0 Å². The molecule has 0 saturated heterocycles. The summed E-state index contributed by atoms with van der Waals surface area (Å²) in [7, 11) is 0. The fourth-order valence-electron chi connectivity index (χ4n) is 2.69. The van der Waals surface area contributed by atoms with Gasteiger partial charge in [0.05, 0.1) is 17.7 Å². The summed E-state index contributed by atoms with van der Waals surface area (Å²) in [6, 6.07) is 16.1. The van der Waals surface area contributed by atoms with Crippen molar-refractivity contribution in [2.24, 2.45) is 5.10 Å². The standard InChI is InChI=1S/C20H18N4O4/c1-13-8-18(24(27)28)10-16(20(13)26)11-22-23-19(25)12-21-17-7-6-14-4-2-3-5-15(14)9-17/h2-11,21,26H,12H2,1H3,(H,23,25)/b22-11+. The molecule has 8 heteroatoms. The number of nitro benzene ring substituents is 1. The molecule has 3 rings (SSSR count). The number of nitro groups is 1. The maximum atomic E-state index is 11.9. The zero-order chi connectivity index (χ0) is 20.1. The predicted octanol–water partition coefficient (Wildman–Crippen LogP) is 3.32. The number of phenolic OH excluding ortho intramolecular Hbond substituents is 1. The van der Waals surface area contributed by atoms with Gasteiger partial charge in [-0.1, -0.05) is 30.3 Å². The monoisotopic (exact) mass is 378 g/mol. The van der Waals surface area contributed by atoms with Crippen molar-refractivity contribution in [1.29, 1.82) is 0 Å². The van der Waals surface area contributed by atoms with Gasteiger partial charge in [0.2, 0.25) is 0 Å². The number of carbonyl (C=O) groups is 1. The van der Waals surface area contributed by atoms with E-state index in [1.807, 2.05) is 42.5 Å². The van der Waals surface area contributed by atoms with Gasteiger partial charge in [0.1, 0.15) is 5.75 Å². The molecular weight excluding hydrogens is 360 g/mol. The van der Waals surface area contributed by atoms with Crippen molar-refractivity contribution in [3.05, 3.63) is 75.8 Å². The number of anilines is 1. The minimum absolute atomic E-state index is 0.00434. The first kappa shape index (κ1) is 18.8. The molecule has 0 heterocycles. The smallest absolute Gasteiger partial charge is 0.270 e. The summed E-state index contributed by atoms with van der Waals surface area (Å²) in [4.78, 5) is 22.3. The van der Waals surface area contributed by atoms with Gasteiger partial charge >= 0.3 is 0 Å². The van der Waals surface area contributed by atoms with E-state index >= 15 is 0 Å². The molecule has 28 heavy (non-hydrogen) atoms. The molecule has 0 atom stereocenters. The number of hydrazone groups is 1. The molecule has 0 fully saturated rings. The number of benzene rings is 3. The number of nitrogens with zero attached hydrogens (tertiary/aromatic N) is 2. The highest BCUT2D eigenvalue weighted by Gasteiger charge is 2.12. The Morgan fingerprint density at radius 1 is 1.18 bits per heavy atom. The van der Waals surface area contributed by atoms with E-state index in [2.05, 4.69) is 15.8 Å². The van der Waals surface area contributed by atoms with Crippen molar-refractivity contribution in [3.63, 3.8) is 0 Å². The minimum Gasteiger partial charge on any atom is -0.507 e. The Balaban J connectivity index is 1.60. The first-order chi connectivity index (χ1) is 13.4. The number of hydrogen-bond donors (Lipinski definition) is 3. The number of phenols is 1. The third-order valence-electron chi connectivity index (χ3n) is 4.12. The number of non-ortho nitro benzene ring substituents is 1. The van der Waals surface area contributed by atoms with Gasteiger partial charge in [-0.15, -0.1) is 0 Å². The Bertz CT molecular complexity index is 1080. The molecule has 3 N–H and O–H groups in total. The first-order valence-corrected chi connectivity index (χ1v) is 8.46. The molecule has 0 spiro atoms. The number of carbonyl (C=O) groups excluding carboxylic acids is 1. The van der Waals surface area contributed by atoms with Crippen LogP contribution in [0, 0.1) is 17.0 Å². The van der Waals surface area contributed by atoms with Gasteiger partial charge in [-0.2, -0.15) is 5.10 Å². The van der Waals surface area contributed by atoms with Crippen LogP contribution in [0.2, 0.25) is 0 Å². The number of nitrogens with one attached hydrogen (secondary N) is 2. The highest BCUT2D eigenvalue weighted by atomic mass is 16.6. The van der Waals surface area contributed by atoms with E-state index in [4.69, 9.17) is 0 Å². The number of rotatable bonds is 6. The predicted molar refractivity (Wildman–Crippen MR) is 108 cm³/mol. The quantitative estimate of drug-likeness (QED) is 0.346. The minimum atomic E-state index is -0.560. The lowest BCUT2D eigenvalue weighted by Crippen LogP contribution is -2.25. The second-order valence-electron chi connectivity index (χ2n) is 6.17. The van der Waals surface area contributed by atoms with Gasteiger partial charge < -0.3 is 10.4 Å². The van der Waals surface area contributed by atoms with Crippen molar-refractivity contribution in [2.45, 2.75) is 6.92 Å². The Hall–Kier alpha value is -3.94. The molecule has 0 radical (unpaired) electrons. The van der Waals surface area contributed by atoms with Crippen LogP contribution in [0.1, 0.15) is 11.1 Å². The van der Waals surface area contributed by atoms with Gasteiger partial charge in [-0.3, -0.25) is 14.9 Å². The lowest BCUT2D eigenvalue weighted by atomic mass is 10.1. The summed E-state index contributed by atoms with van der Waals surface area (Å²) >= 11 is 0. The largest absolute Gasteiger partial charge is 0.507 e. The Labute approximate surface area is 160 Å². The summed E-state index contributed by atoms with van der Waals surface area (Å²) in [6.07, 6.45) is 1.17. The molecule has 0 aromatic heterocycles. The average molecular weight is 378 g/mol. The second kappa shape index (κ2) is 8.17. The van der Waals surface area contributed by atoms with Gasteiger partial charge in [0, 0.05) is 23.4 Å². The van der Waals surface area contributed by atoms with Gasteiger partial charge in [-0.05, 0) is 35.4 Å². The molecule has 0 aliphatic carbocycles. The van der Waals surface area contributed by atoms with E-state index < -0.39 is 10.8 Å². The topological polar surface area (TPSA) is 117 Å². The number of fused-ring (bicyclic) bond motifs is 1. The van der Waals surface area contributed by atoms with Gasteiger partial charge in [0.25, 0.3) is 11.6 Å². The van der Waals surface area contributed by atoms with Gasteiger partial charge in [-0.25, -0.2) is 5.43 Å². The molecule has 0 aliphatic rings. The van der Waals surface area contributed by atoms with Crippen LogP contribution in [-0.2, 0) is 4.79 Å². The summed E-state index contributed by atoms with van der Waals surface area (Å²) in [5, 5.41) is 29.8. The van der Waals surface area contributed by atoms with E-state index in [1.165, 1.54) is 18.3 Å². The maximum absolute atomic E-state index is 11.9. The second-order valence-corrected chi connectivity index (χ2v) is 6.17. The summed E-state index contributed by atoms with van der Waals surface area (Å²) in [6.45, 7) is 1.54. The van der Waals surface area contributed by atoms with Crippen molar-refractivity contribution in [2.75, 3.05) is 11.9 Å². The zero-order valence-corrected chi connectivity index (χ0v) is 15.0. The average Bonchev–Trinajstić information content (AvgIpc) is 2.69. The van der Waals surface area contributed by atoms with E-state index in [9.17, 15) is 20.0 Å². The van der Waals surface area contributed by atoms with Crippen LogP contribution in [0.4, 0.5) is 11.4 Å². The molecule has 3 aromatic carbocycles. The Kier molecular flexibility index (Phi) is 5.50. The van der Waals surface area contributed by atoms with E-state index in [0.717, 1.165) is 16.5 Å². The van der Waals surface area contributed by atoms with Crippen molar-refractivity contribution < 1.29 is 14.8 Å². The van der Waals surface area contributed by atoms with Crippen LogP contribution < -0.4 is 10.7 Å². The van der Waals surface area contributed by atoms with Crippen molar-refractivity contribution >= 4 is 34.3 Å². The fourth-order valence-corrected chi connectivity index (χ4v) is 2.69. The highest BCUT2D eigenvalue weighted by Crippen LogP contribution is 2.26. The molecule has 8 nitrogen and oxygen atoms in total. The molecule has 142 valence electrons. The van der Waals surface area contributed by atoms with Crippen molar-refractivity contribution in [3.8, 4) is 5.75 Å². The Morgan fingerprint density at radius 3 is 2.68 bits per heavy atom. The SMILES string of the molecule is Cc1cc([N+](=O)[O-])cc(/C=N/NC(=O)CNc2ccc3ccccc3c2)c1O. The third-order valence-corrected chi connectivity index (χ3v) is 4.12. The number of amides is 1. The van der Waals surface area contributed by atoms with Crippen LogP contribution >= 0.6 is 0 Å².